The normalized spacial score (nSPS) is 12.6. The highest BCUT2D eigenvalue weighted by Gasteiger charge is 2.16. The number of nitrogens with two attached hydrogens (primary N) is 1. The van der Waals surface area contributed by atoms with Crippen LogP contribution < -0.4 is 5.73 Å². The van der Waals surface area contributed by atoms with Crippen LogP contribution in [0.25, 0.3) is 0 Å². The van der Waals surface area contributed by atoms with Gasteiger partial charge in [0, 0.05) is 22.4 Å². The Morgan fingerprint density at radius 1 is 1.62 bits per heavy atom. The highest BCUT2D eigenvalue weighted by molar-refractivity contribution is 9.10. The summed E-state index contributed by atoms with van der Waals surface area (Å²) in [7, 11) is 0. The van der Waals surface area contributed by atoms with Crippen molar-refractivity contribution in [2.24, 2.45) is 5.73 Å². The van der Waals surface area contributed by atoms with Crippen molar-refractivity contribution in [2.75, 3.05) is 0 Å². The topological polar surface area (TPSA) is 56.0 Å². The summed E-state index contributed by atoms with van der Waals surface area (Å²) < 4.78 is 0.704. The van der Waals surface area contributed by atoms with E-state index >= 15 is 0 Å². The smallest absolute Gasteiger partial charge is 0.180 e. The summed E-state index contributed by atoms with van der Waals surface area (Å²) in [5.74, 6) is -0.0632. The Balaban J connectivity index is 3.20. The Bertz CT molecular complexity index is 316. The number of aromatic nitrogens is 1. The van der Waals surface area contributed by atoms with Crippen molar-refractivity contribution in [2.45, 2.75) is 19.9 Å². The van der Waals surface area contributed by atoms with Crippen LogP contribution >= 0.6 is 15.9 Å². The molecule has 1 heterocycles. The van der Waals surface area contributed by atoms with Crippen molar-refractivity contribution in [3.05, 3.63) is 28.0 Å². The number of carbonyl (C=O) groups is 1. The molecule has 1 atom stereocenters. The first-order valence-electron chi connectivity index (χ1n) is 3.94. The van der Waals surface area contributed by atoms with Crippen molar-refractivity contribution in [1.29, 1.82) is 0 Å². The van der Waals surface area contributed by atoms with Gasteiger partial charge in [0.05, 0.1) is 6.04 Å². The van der Waals surface area contributed by atoms with E-state index in [0.717, 1.165) is 5.56 Å². The molecule has 1 aromatic rings. The molecule has 0 aliphatic rings. The minimum absolute atomic E-state index is 0.0632. The van der Waals surface area contributed by atoms with Gasteiger partial charge in [-0.2, -0.15) is 0 Å². The maximum absolute atomic E-state index is 11.6. The fourth-order valence-corrected chi connectivity index (χ4v) is 1.70. The third kappa shape index (κ3) is 2.14. The summed E-state index contributed by atoms with van der Waals surface area (Å²) in [5.41, 5.74) is 6.99. The van der Waals surface area contributed by atoms with E-state index in [0.29, 0.717) is 10.0 Å². The number of rotatable bonds is 2. The molecule has 0 aliphatic heterocycles. The Kier molecular flexibility index (Phi) is 3.17. The Morgan fingerprint density at radius 3 is 2.69 bits per heavy atom. The summed E-state index contributed by atoms with van der Waals surface area (Å²) in [4.78, 5) is 15.5. The first-order chi connectivity index (χ1) is 6.04. The lowest BCUT2D eigenvalue weighted by atomic mass is 10.0. The van der Waals surface area contributed by atoms with Crippen LogP contribution in [0.5, 0.6) is 0 Å². The van der Waals surface area contributed by atoms with Gasteiger partial charge in [-0.25, -0.2) is 0 Å². The van der Waals surface area contributed by atoms with Crippen molar-refractivity contribution in [3.63, 3.8) is 0 Å². The number of Topliss-reactive ketones (excluding diaryl/α,β-unsaturated/α-hetero) is 1. The van der Waals surface area contributed by atoms with Gasteiger partial charge in [-0.1, -0.05) is 0 Å². The van der Waals surface area contributed by atoms with Crippen LogP contribution in [0.15, 0.2) is 16.9 Å². The number of halogens is 1. The first kappa shape index (κ1) is 10.3. The van der Waals surface area contributed by atoms with E-state index in [1.54, 1.807) is 19.3 Å². The number of hydrogen-bond donors (Lipinski definition) is 1. The predicted molar refractivity (Wildman–Crippen MR) is 54.7 cm³/mol. The molecule has 0 bridgehead atoms. The molecule has 4 heteroatoms. The van der Waals surface area contributed by atoms with Gasteiger partial charge in [0.2, 0.25) is 0 Å². The van der Waals surface area contributed by atoms with Crippen LogP contribution in [0.4, 0.5) is 0 Å². The molecule has 3 nitrogen and oxygen atoms in total. The molecule has 0 spiro atoms. The minimum Gasteiger partial charge on any atom is -0.321 e. The summed E-state index contributed by atoms with van der Waals surface area (Å²) >= 11 is 3.28. The molecule has 0 aromatic carbocycles. The second-order valence-corrected chi connectivity index (χ2v) is 3.82. The average Bonchev–Trinajstić information content (AvgIpc) is 2.03. The molecule has 0 aliphatic carbocycles. The van der Waals surface area contributed by atoms with Gasteiger partial charge in [-0.3, -0.25) is 9.78 Å². The monoisotopic (exact) mass is 242 g/mol. The van der Waals surface area contributed by atoms with Crippen molar-refractivity contribution in [1.82, 2.24) is 4.98 Å². The maximum Gasteiger partial charge on any atom is 0.180 e. The number of pyridine rings is 1. The summed E-state index contributed by atoms with van der Waals surface area (Å²) in [6.07, 6.45) is 3.25. The molecule has 1 aromatic heterocycles. The van der Waals surface area contributed by atoms with Crippen LogP contribution in [0, 0.1) is 6.92 Å². The number of carbonyl (C=O) groups excluding carboxylic acids is 1. The van der Waals surface area contributed by atoms with E-state index in [-0.39, 0.29) is 5.78 Å². The van der Waals surface area contributed by atoms with Crippen LogP contribution in [0.3, 0.4) is 0 Å². The van der Waals surface area contributed by atoms with E-state index in [1.807, 2.05) is 6.92 Å². The molecule has 0 saturated carbocycles. The molecule has 0 amide bonds. The van der Waals surface area contributed by atoms with Gasteiger partial charge in [-0.15, -0.1) is 0 Å². The lowest BCUT2D eigenvalue weighted by molar-refractivity contribution is 0.0966. The Hall–Kier alpha value is -0.740. The molecule has 1 rings (SSSR count). The fraction of sp³-hybridized carbons (Fsp3) is 0.333. The molecule has 2 N–H and O–H groups in total. The van der Waals surface area contributed by atoms with E-state index in [4.69, 9.17) is 5.73 Å². The Morgan fingerprint density at radius 2 is 2.23 bits per heavy atom. The second kappa shape index (κ2) is 3.98. The molecule has 0 fully saturated rings. The van der Waals surface area contributed by atoms with Crippen LogP contribution in [-0.4, -0.2) is 16.8 Å². The lowest BCUT2D eigenvalue weighted by Crippen LogP contribution is -2.27. The summed E-state index contributed by atoms with van der Waals surface area (Å²) in [6, 6.07) is -0.475. The number of nitrogens with zero attached hydrogens (tertiary/aromatic N) is 1. The van der Waals surface area contributed by atoms with Gasteiger partial charge in [0.15, 0.2) is 5.78 Å². The predicted octanol–water partition coefficient (Wildman–Crippen LogP) is 1.68. The van der Waals surface area contributed by atoms with Crippen molar-refractivity contribution < 1.29 is 4.79 Å². The molecule has 13 heavy (non-hydrogen) atoms. The molecular weight excluding hydrogens is 232 g/mol. The fourth-order valence-electron chi connectivity index (χ4n) is 1.07. The minimum atomic E-state index is -0.475. The van der Waals surface area contributed by atoms with Gasteiger partial charge in [-0.05, 0) is 35.3 Å². The van der Waals surface area contributed by atoms with Gasteiger partial charge < -0.3 is 5.73 Å². The van der Waals surface area contributed by atoms with E-state index in [1.165, 1.54) is 0 Å². The SMILES string of the molecule is Cc1cncc(Br)c1C(=O)C(C)N. The first-order valence-corrected chi connectivity index (χ1v) is 4.73. The van der Waals surface area contributed by atoms with Crippen LogP contribution in [-0.2, 0) is 0 Å². The molecule has 0 saturated heterocycles. The molecule has 70 valence electrons. The zero-order valence-corrected chi connectivity index (χ0v) is 9.13. The summed E-state index contributed by atoms with van der Waals surface area (Å²) in [6.45, 7) is 3.52. The van der Waals surface area contributed by atoms with Crippen molar-refractivity contribution in [3.8, 4) is 0 Å². The third-order valence-electron chi connectivity index (χ3n) is 1.75. The second-order valence-electron chi connectivity index (χ2n) is 2.97. The standard InChI is InChI=1S/C9H11BrN2O/c1-5-3-12-4-7(10)8(5)9(13)6(2)11/h3-4,6H,11H2,1-2H3. The highest BCUT2D eigenvalue weighted by atomic mass is 79.9. The van der Waals surface area contributed by atoms with Gasteiger partial charge in [0.1, 0.15) is 0 Å². The van der Waals surface area contributed by atoms with E-state index in [9.17, 15) is 4.79 Å². The molecule has 0 radical (unpaired) electrons. The third-order valence-corrected chi connectivity index (χ3v) is 2.35. The number of aryl methyl sites for hydroxylation is 1. The highest BCUT2D eigenvalue weighted by Crippen LogP contribution is 2.19. The maximum atomic E-state index is 11.6. The van der Waals surface area contributed by atoms with Crippen molar-refractivity contribution >= 4 is 21.7 Å². The average molecular weight is 243 g/mol. The largest absolute Gasteiger partial charge is 0.321 e. The van der Waals surface area contributed by atoms with Crippen LogP contribution in [0.2, 0.25) is 0 Å². The zero-order chi connectivity index (χ0) is 10.0. The number of ketones is 1. The quantitative estimate of drug-likeness (QED) is 0.804. The van der Waals surface area contributed by atoms with Gasteiger partial charge >= 0.3 is 0 Å². The lowest BCUT2D eigenvalue weighted by Gasteiger charge is -2.08. The van der Waals surface area contributed by atoms with Crippen LogP contribution in [0.1, 0.15) is 22.8 Å². The molecular formula is C9H11BrN2O. The van der Waals surface area contributed by atoms with Gasteiger partial charge in [0.25, 0.3) is 0 Å². The zero-order valence-electron chi connectivity index (χ0n) is 7.54. The number of hydrogen-bond acceptors (Lipinski definition) is 3. The van der Waals surface area contributed by atoms with E-state index < -0.39 is 6.04 Å². The molecule has 1 unspecified atom stereocenters. The summed E-state index contributed by atoms with van der Waals surface area (Å²) in [5, 5.41) is 0. The van der Waals surface area contributed by atoms with E-state index in [2.05, 4.69) is 20.9 Å². The Labute approximate surface area is 85.5 Å².